The summed E-state index contributed by atoms with van der Waals surface area (Å²) in [6, 6.07) is 2.16. The lowest BCUT2D eigenvalue weighted by molar-refractivity contribution is 0.0695. The third-order valence-electron chi connectivity index (χ3n) is 7.03. The number of aromatic nitrogens is 6. The number of fused-ring (bicyclic) bond motifs is 2. The topological polar surface area (TPSA) is 146 Å². The van der Waals surface area contributed by atoms with Crippen molar-refractivity contribution < 1.29 is 24.2 Å². The van der Waals surface area contributed by atoms with Crippen LogP contribution in [0.15, 0.2) is 21.6 Å². The van der Waals surface area contributed by atoms with Crippen LogP contribution in [-0.4, -0.2) is 81.0 Å². The first kappa shape index (κ1) is 39.9. The summed E-state index contributed by atoms with van der Waals surface area (Å²) in [4.78, 5) is 41.9. The van der Waals surface area contributed by atoms with Crippen molar-refractivity contribution in [3.05, 3.63) is 44.1 Å². The molecule has 4 aromatic rings. The second kappa shape index (κ2) is 16.0. The number of hydrogen-bond donors (Lipinski definition) is 2. The lowest BCUT2D eigenvalue weighted by Crippen LogP contribution is -2.40. The first-order chi connectivity index (χ1) is 22.1. The van der Waals surface area contributed by atoms with Crippen LogP contribution in [0.4, 0.5) is 0 Å². The number of aryl methyl sites for hydroxylation is 2. The summed E-state index contributed by atoms with van der Waals surface area (Å²) in [7, 11) is -2.28. The Labute approximate surface area is 301 Å². The second-order valence-corrected chi connectivity index (χ2v) is 28.0. The summed E-state index contributed by atoms with van der Waals surface area (Å²) >= 11 is 6.71. The molecule has 0 saturated carbocycles. The Hall–Kier alpha value is -2.51. The van der Waals surface area contributed by atoms with Crippen molar-refractivity contribution in [2.45, 2.75) is 105 Å². The van der Waals surface area contributed by atoms with Gasteiger partial charge >= 0.3 is 5.97 Å². The molecule has 4 heterocycles. The molecule has 0 atom stereocenters. The van der Waals surface area contributed by atoms with Crippen molar-refractivity contribution in [3.63, 3.8) is 0 Å². The average Bonchev–Trinajstić information content (AvgIpc) is 3.46. The van der Waals surface area contributed by atoms with Gasteiger partial charge in [-0.25, -0.2) is 24.7 Å². The van der Waals surface area contributed by atoms with E-state index in [1.807, 2.05) is 39.2 Å². The minimum Gasteiger partial charge on any atom is -0.478 e. The number of nitrogens with zero attached hydrogens (tertiary/aromatic N) is 6. The van der Waals surface area contributed by atoms with E-state index in [9.17, 15) is 14.7 Å². The molecule has 16 heteroatoms. The molecule has 0 aliphatic rings. The second-order valence-electron chi connectivity index (χ2n) is 15.3. The zero-order valence-electron chi connectivity index (χ0n) is 29.9. The molecule has 48 heavy (non-hydrogen) atoms. The van der Waals surface area contributed by atoms with Gasteiger partial charge in [-0.3, -0.25) is 4.79 Å². The summed E-state index contributed by atoms with van der Waals surface area (Å²) in [5.74, 6) is -1.18. The van der Waals surface area contributed by atoms with Crippen molar-refractivity contribution in [1.29, 1.82) is 0 Å². The average molecular weight is 828 g/mol. The van der Waals surface area contributed by atoms with Gasteiger partial charge in [-0.05, 0) is 78.6 Å². The highest BCUT2D eigenvalue weighted by atomic mass is 79.9. The maximum Gasteiger partial charge on any atom is 0.339 e. The van der Waals surface area contributed by atoms with Crippen LogP contribution in [0.3, 0.4) is 0 Å². The van der Waals surface area contributed by atoms with Crippen molar-refractivity contribution in [2.75, 3.05) is 13.2 Å². The van der Waals surface area contributed by atoms with Crippen LogP contribution in [-0.2, 0) is 22.9 Å². The largest absolute Gasteiger partial charge is 0.478 e. The summed E-state index contributed by atoms with van der Waals surface area (Å²) in [6.45, 7) is 25.4. The first-order valence-corrected chi connectivity index (χ1v) is 24.8. The lowest BCUT2D eigenvalue weighted by atomic mass is 10.1. The molecule has 0 aliphatic carbocycles. The molecule has 1 amide bonds. The number of ether oxygens (including phenoxy) is 2. The Balaban J connectivity index is 0.000000264. The molecule has 4 aromatic heterocycles. The van der Waals surface area contributed by atoms with E-state index in [0.717, 1.165) is 17.8 Å². The van der Waals surface area contributed by atoms with Crippen LogP contribution in [0.1, 0.15) is 52.9 Å². The molecule has 0 spiro atoms. The van der Waals surface area contributed by atoms with Crippen LogP contribution in [0, 0.1) is 13.8 Å². The number of carboxylic acids is 1. The van der Waals surface area contributed by atoms with E-state index in [1.54, 1.807) is 10.8 Å². The molecule has 2 N–H and O–H groups in total. The molecule has 12 nitrogen and oxygen atoms in total. The van der Waals surface area contributed by atoms with Gasteiger partial charge in [0.05, 0.1) is 17.0 Å². The van der Waals surface area contributed by atoms with Crippen molar-refractivity contribution in [2.24, 2.45) is 0 Å². The molecule has 4 rings (SSSR count). The van der Waals surface area contributed by atoms with Crippen molar-refractivity contribution >= 4 is 82.2 Å². The first-order valence-electron chi connectivity index (χ1n) is 15.8. The fraction of sp³-hybridized carbons (Fsp3) is 0.562. The summed E-state index contributed by atoms with van der Waals surface area (Å²) < 4.78 is 16.3. The van der Waals surface area contributed by atoms with E-state index in [4.69, 9.17) is 9.47 Å². The molecule has 264 valence electrons. The number of carboxylic acid groups (broad SMARTS) is 1. The number of aromatic carboxylic acids is 1. The third-order valence-corrected chi connectivity index (χ3v) is 11.9. The predicted molar refractivity (Wildman–Crippen MR) is 202 cm³/mol. The van der Waals surface area contributed by atoms with Crippen LogP contribution >= 0.6 is 31.9 Å². The monoisotopic (exact) mass is 825 g/mol. The number of halogens is 2. The highest BCUT2D eigenvalue weighted by Crippen LogP contribution is 2.24. The summed E-state index contributed by atoms with van der Waals surface area (Å²) in [5.41, 5.74) is 3.97. The zero-order valence-corrected chi connectivity index (χ0v) is 35.1. The normalized spacial score (nSPS) is 12.4. The van der Waals surface area contributed by atoms with E-state index in [2.05, 4.69) is 96.4 Å². The van der Waals surface area contributed by atoms with Gasteiger partial charge in [0.15, 0.2) is 11.3 Å². The van der Waals surface area contributed by atoms with E-state index >= 15 is 0 Å². The number of carbonyl (C=O) groups is 2. The van der Waals surface area contributed by atoms with Gasteiger partial charge < -0.3 is 29.0 Å². The Morgan fingerprint density at radius 1 is 0.771 bits per heavy atom. The van der Waals surface area contributed by atoms with Crippen molar-refractivity contribution in [1.82, 2.24) is 34.4 Å². The molecule has 0 bridgehead atoms. The van der Waals surface area contributed by atoms with Crippen LogP contribution in [0.2, 0.25) is 51.4 Å². The summed E-state index contributed by atoms with van der Waals surface area (Å²) in [6.07, 6.45) is 3.32. The highest BCUT2D eigenvalue weighted by Gasteiger charge is 2.23. The van der Waals surface area contributed by atoms with Crippen LogP contribution in [0.5, 0.6) is 0 Å². The Morgan fingerprint density at radius 3 is 1.54 bits per heavy atom. The molecular formula is C32H49Br2N7O5Si2. The SMILES string of the molecule is Cc1nc2c(nc1Br)c(C(=O)NC(C)(C)C)cn2COCC[Si](C)(C)C.Cc1nc2c(nc1Br)c(C(=O)O)cn2COCC[Si](C)(C)C. The number of rotatable bonds is 12. The predicted octanol–water partition coefficient (Wildman–Crippen LogP) is 7.86. The van der Waals surface area contributed by atoms with Gasteiger partial charge in [-0.1, -0.05) is 39.3 Å². The maximum atomic E-state index is 12.7. The standard InChI is InChI=1S/C18H29BrN4O2Si.C14H20BrN3O3Si/c1-12-15(19)21-14-13(17(24)22-18(2,3)4)10-23(16(14)20-12)11-25-8-9-26(5,6)7;1-9-12(15)17-11-10(14(19)20)7-18(13(11)16-9)8-21-5-6-22(2,3)4/h10H,8-9,11H2,1-7H3,(H,22,24);7H,5-6,8H2,1-4H3,(H,19,20). The Morgan fingerprint density at radius 2 is 1.17 bits per heavy atom. The van der Waals surface area contributed by atoms with Gasteiger partial charge in [0.2, 0.25) is 0 Å². The van der Waals surface area contributed by atoms with E-state index in [-0.39, 0.29) is 23.7 Å². The summed E-state index contributed by atoms with van der Waals surface area (Å²) in [5, 5.41) is 12.3. The van der Waals surface area contributed by atoms with Gasteiger partial charge in [0.1, 0.15) is 39.3 Å². The minimum absolute atomic E-state index is 0.136. The number of hydrogen-bond acceptors (Lipinski definition) is 8. The van der Waals surface area contributed by atoms with Gasteiger partial charge in [0, 0.05) is 47.3 Å². The van der Waals surface area contributed by atoms with Crippen LogP contribution in [0.25, 0.3) is 22.3 Å². The number of carbonyl (C=O) groups excluding carboxylic acids is 1. The minimum atomic E-state index is -1.14. The molecule has 0 aliphatic heterocycles. The zero-order chi connectivity index (χ0) is 36.2. The highest BCUT2D eigenvalue weighted by molar-refractivity contribution is 9.10. The lowest BCUT2D eigenvalue weighted by Gasteiger charge is -2.20. The van der Waals surface area contributed by atoms with E-state index in [0.29, 0.717) is 62.7 Å². The molecule has 0 radical (unpaired) electrons. The number of nitrogens with one attached hydrogen (secondary N) is 1. The van der Waals surface area contributed by atoms with Crippen LogP contribution < -0.4 is 5.32 Å². The third kappa shape index (κ3) is 11.5. The van der Waals surface area contributed by atoms with E-state index < -0.39 is 22.1 Å². The maximum absolute atomic E-state index is 12.7. The van der Waals surface area contributed by atoms with Gasteiger partial charge in [-0.2, -0.15) is 0 Å². The van der Waals surface area contributed by atoms with Gasteiger partial charge in [0.25, 0.3) is 5.91 Å². The fourth-order valence-electron chi connectivity index (χ4n) is 4.30. The fourth-order valence-corrected chi connectivity index (χ4v) is 6.35. The van der Waals surface area contributed by atoms with Gasteiger partial charge in [-0.15, -0.1) is 0 Å². The molecule has 0 unspecified atom stereocenters. The van der Waals surface area contributed by atoms with Crippen molar-refractivity contribution in [3.8, 4) is 0 Å². The van der Waals surface area contributed by atoms with E-state index in [1.165, 1.54) is 6.20 Å². The Bertz CT molecular complexity index is 1770. The quantitative estimate of drug-likeness (QED) is 0.108. The molecule has 0 fully saturated rings. The molecule has 0 aromatic carbocycles. The molecule has 0 saturated heterocycles. The Kier molecular flexibility index (Phi) is 13.3. The smallest absolute Gasteiger partial charge is 0.339 e. The molecular weight excluding hydrogens is 778 g/mol. The number of amides is 1.